The average Bonchev–Trinajstić information content (AvgIpc) is 3.02. The largest absolute Gasteiger partial charge is 0.492 e. The number of ether oxygens (including phenoxy) is 1. The van der Waals surface area contributed by atoms with Crippen molar-refractivity contribution in [1.29, 1.82) is 0 Å². The minimum absolute atomic E-state index is 0.0922. The number of hydrogen-bond donors (Lipinski definition) is 1. The predicted octanol–water partition coefficient (Wildman–Crippen LogP) is 4.33. The highest BCUT2D eigenvalue weighted by Gasteiger charge is 2.42. The Labute approximate surface area is 113 Å². The predicted molar refractivity (Wildman–Crippen MR) is 70.1 cm³/mol. The van der Waals surface area contributed by atoms with E-state index in [1.165, 1.54) is 12.1 Å². The molecule has 0 aliphatic heterocycles. The number of thiol groups is 1. The molecule has 1 aromatic rings. The third-order valence-corrected chi connectivity index (χ3v) is 4.38. The highest BCUT2D eigenvalue weighted by atomic mass is 79.9. The monoisotopic (exact) mass is 324 g/mol. The smallest absolute Gasteiger partial charge is 0.145 e. The molecule has 1 aromatic carbocycles. The van der Waals surface area contributed by atoms with E-state index in [1.807, 2.05) is 0 Å². The molecule has 0 aromatic heterocycles. The second-order valence-corrected chi connectivity index (χ2v) is 5.72. The van der Waals surface area contributed by atoms with Crippen molar-refractivity contribution in [2.24, 2.45) is 5.41 Å². The lowest BCUT2D eigenvalue weighted by Crippen LogP contribution is -2.14. The lowest BCUT2D eigenvalue weighted by molar-refractivity contribution is 0.248. The lowest BCUT2D eigenvalue weighted by atomic mass is 10.2. The summed E-state index contributed by atoms with van der Waals surface area (Å²) in [4.78, 5) is 0. The first-order valence-corrected chi connectivity index (χ1v) is 6.75. The topological polar surface area (TPSA) is 9.23 Å². The van der Waals surface area contributed by atoms with Crippen molar-refractivity contribution in [3.63, 3.8) is 0 Å². The zero-order chi connectivity index (χ0) is 11.8. The van der Waals surface area contributed by atoms with Gasteiger partial charge in [-0.1, -0.05) is 11.6 Å². The fraction of sp³-hybridized carbons (Fsp3) is 0.455. The Morgan fingerprint density at radius 2 is 2.19 bits per heavy atom. The third kappa shape index (κ3) is 2.66. The van der Waals surface area contributed by atoms with Crippen LogP contribution in [0.3, 0.4) is 0 Å². The molecule has 1 nitrogen and oxygen atoms in total. The molecule has 1 saturated carbocycles. The maximum absolute atomic E-state index is 13.2. The third-order valence-electron chi connectivity index (χ3n) is 2.80. The normalized spacial score (nSPS) is 17.2. The van der Waals surface area contributed by atoms with Crippen LogP contribution in [-0.4, -0.2) is 12.4 Å². The molecule has 0 atom stereocenters. The number of rotatable bonds is 4. The fourth-order valence-corrected chi connectivity index (χ4v) is 2.53. The Bertz CT molecular complexity index is 409. The molecule has 1 fully saturated rings. The second kappa shape index (κ2) is 4.75. The summed E-state index contributed by atoms with van der Waals surface area (Å²) in [5.74, 6) is 0.839. The van der Waals surface area contributed by atoms with Crippen LogP contribution < -0.4 is 4.74 Å². The Kier molecular flexibility index (Phi) is 3.72. The summed E-state index contributed by atoms with van der Waals surface area (Å²) in [6, 6.07) is 2.81. The Morgan fingerprint density at radius 3 is 2.75 bits per heavy atom. The van der Waals surface area contributed by atoms with E-state index in [4.69, 9.17) is 16.3 Å². The minimum Gasteiger partial charge on any atom is -0.492 e. The fourth-order valence-electron chi connectivity index (χ4n) is 1.37. The van der Waals surface area contributed by atoms with E-state index in [0.717, 1.165) is 18.6 Å². The SMILES string of the molecule is Fc1cc(OCC2(CS)CC2)c(Br)cc1Cl. The van der Waals surface area contributed by atoms with E-state index in [-0.39, 0.29) is 10.4 Å². The van der Waals surface area contributed by atoms with Gasteiger partial charge in [0, 0.05) is 11.5 Å². The highest BCUT2D eigenvalue weighted by molar-refractivity contribution is 9.10. The van der Waals surface area contributed by atoms with Gasteiger partial charge in [-0.25, -0.2) is 4.39 Å². The molecule has 0 radical (unpaired) electrons. The van der Waals surface area contributed by atoms with Gasteiger partial charge in [0.05, 0.1) is 16.1 Å². The minimum atomic E-state index is -0.462. The summed E-state index contributed by atoms with van der Waals surface area (Å²) in [5, 5.41) is 0.0922. The van der Waals surface area contributed by atoms with Crippen LogP contribution in [0.5, 0.6) is 5.75 Å². The van der Waals surface area contributed by atoms with Gasteiger partial charge in [0.25, 0.3) is 0 Å². The summed E-state index contributed by atoms with van der Waals surface area (Å²) < 4.78 is 19.5. The zero-order valence-corrected chi connectivity index (χ0v) is 11.7. The molecule has 0 unspecified atom stereocenters. The van der Waals surface area contributed by atoms with E-state index >= 15 is 0 Å². The van der Waals surface area contributed by atoms with E-state index < -0.39 is 5.82 Å². The van der Waals surface area contributed by atoms with Gasteiger partial charge in [0.2, 0.25) is 0 Å². The molecule has 1 aliphatic carbocycles. The van der Waals surface area contributed by atoms with E-state index in [2.05, 4.69) is 28.6 Å². The lowest BCUT2D eigenvalue weighted by Gasteiger charge is -2.14. The van der Waals surface area contributed by atoms with Crippen LogP contribution >= 0.6 is 40.2 Å². The standard InChI is InChI=1S/C11H11BrClFOS/c12-7-3-8(13)9(14)4-10(7)15-5-11(6-16)1-2-11/h3-4,16H,1-2,5-6H2. The molecular formula is C11H11BrClFOS. The van der Waals surface area contributed by atoms with Gasteiger partial charge in [-0.2, -0.15) is 12.6 Å². The zero-order valence-electron chi connectivity index (χ0n) is 8.47. The van der Waals surface area contributed by atoms with E-state index in [1.54, 1.807) is 0 Å². The summed E-state index contributed by atoms with van der Waals surface area (Å²) in [6.45, 7) is 0.580. The maximum atomic E-state index is 13.2. The van der Waals surface area contributed by atoms with Gasteiger partial charge >= 0.3 is 0 Å². The van der Waals surface area contributed by atoms with Crippen molar-refractivity contribution >= 4 is 40.2 Å². The van der Waals surface area contributed by atoms with Crippen LogP contribution in [0, 0.1) is 11.2 Å². The molecule has 0 heterocycles. The van der Waals surface area contributed by atoms with Gasteiger partial charge < -0.3 is 4.74 Å². The van der Waals surface area contributed by atoms with Crippen LogP contribution in [0.1, 0.15) is 12.8 Å². The molecule has 16 heavy (non-hydrogen) atoms. The van der Waals surface area contributed by atoms with Gasteiger partial charge in [-0.05, 0) is 40.6 Å². The van der Waals surface area contributed by atoms with Crippen molar-refractivity contribution < 1.29 is 9.13 Å². The van der Waals surface area contributed by atoms with Crippen molar-refractivity contribution in [1.82, 2.24) is 0 Å². The summed E-state index contributed by atoms with van der Waals surface area (Å²) >= 11 is 13.2. The van der Waals surface area contributed by atoms with Crippen LogP contribution in [-0.2, 0) is 0 Å². The Hall–Kier alpha value is 0.0700. The Morgan fingerprint density at radius 1 is 1.50 bits per heavy atom. The molecule has 0 N–H and O–H groups in total. The summed E-state index contributed by atoms with van der Waals surface area (Å²) in [7, 11) is 0. The maximum Gasteiger partial charge on any atom is 0.145 e. The van der Waals surface area contributed by atoms with Crippen LogP contribution in [0.2, 0.25) is 5.02 Å². The molecule has 0 saturated heterocycles. The van der Waals surface area contributed by atoms with Crippen molar-refractivity contribution in [3.05, 3.63) is 27.4 Å². The molecule has 5 heteroatoms. The summed E-state index contributed by atoms with van der Waals surface area (Å²) in [6.07, 6.45) is 2.26. The molecular weight excluding hydrogens is 315 g/mol. The number of halogens is 3. The van der Waals surface area contributed by atoms with Crippen molar-refractivity contribution in [2.45, 2.75) is 12.8 Å². The first-order valence-electron chi connectivity index (χ1n) is 4.94. The molecule has 2 rings (SSSR count). The van der Waals surface area contributed by atoms with E-state index in [9.17, 15) is 4.39 Å². The van der Waals surface area contributed by atoms with Crippen molar-refractivity contribution in [3.8, 4) is 5.75 Å². The molecule has 88 valence electrons. The molecule has 0 spiro atoms. The van der Waals surface area contributed by atoms with Gasteiger partial charge in [-0.15, -0.1) is 0 Å². The summed E-state index contributed by atoms with van der Waals surface area (Å²) in [5.41, 5.74) is 0.193. The van der Waals surface area contributed by atoms with Gasteiger partial charge in [-0.3, -0.25) is 0 Å². The van der Waals surface area contributed by atoms with Crippen LogP contribution in [0.4, 0.5) is 4.39 Å². The first-order chi connectivity index (χ1) is 7.56. The van der Waals surface area contributed by atoms with Gasteiger partial charge in [0.15, 0.2) is 0 Å². The molecule has 1 aliphatic rings. The second-order valence-electron chi connectivity index (χ2n) is 4.14. The highest BCUT2D eigenvalue weighted by Crippen LogP contribution is 2.47. The number of hydrogen-bond acceptors (Lipinski definition) is 2. The molecule has 0 bridgehead atoms. The first kappa shape index (κ1) is 12.5. The van der Waals surface area contributed by atoms with Gasteiger partial charge in [0.1, 0.15) is 11.6 Å². The average molecular weight is 326 g/mol. The van der Waals surface area contributed by atoms with E-state index in [0.29, 0.717) is 16.8 Å². The number of benzene rings is 1. The van der Waals surface area contributed by atoms with Crippen molar-refractivity contribution in [2.75, 3.05) is 12.4 Å². The van der Waals surface area contributed by atoms with Crippen LogP contribution in [0.25, 0.3) is 0 Å². The molecule has 0 amide bonds. The van der Waals surface area contributed by atoms with Crippen LogP contribution in [0.15, 0.2) is 16.6 Å². The quantitative estimate of drug-likeness (QED) is 0.640. The Balaban J connectivity index is 2.07.